The molecule has 0 aliphatic carbocycles. The Hall–Kier alpha value is -3.44. The first-order valence-electron chi connectivity index (χ1n) is 15.3. The Morgan fingerprint density at radius 1 is 0.886 bits per heavy atom. The van der Waals surface area contributed by atoms with Crippen molar-refractivity contribution in [2.45, 2.75) is 89.2 Å². The summed E-state index contributed by atoms with van der Waals surface area (Å²) < 4.78 is 39.5. The first-order valence-corrected chi connectivity index (χ1v) is 14.8. The molecule has 3 aromatic carbocycles. The molecule has 0 radical (unpaired) electrons. The number of ether oxygens (including phenoxy) is 5. The summed E-state index contributed by atoms with van der Waals surface area (Å²) in [5, 5.41) is 23.0. The fraction of sp³-hybridized carbons (Fsp3) is 0.429. The number of hydrogen-bond acceptors (Lipinski definition) is 9. The highest BCUT2D eigenvalue weighted by molar-refractivity contribution is 5.88. The highest BCUT2D eigenvalue weighted by atomic mass is 16.7. The van der Waals surface area contributed by atoms with Crippen molar-refractivity contribution in [3.05, 3.63) is 102 Å². The third-order valence-electron chi connectivity index (χ3n) is 7.79. The molecule has 0 spiro atoms. The van der Waals surface area contributed by atoms with Gasteiger partial charge in [-0.05, 0) is 42.2 Å². The predicted octanol–water partition coefficient (Wildman–Crippen LogP) is 4.55. The average molecular weight is 608 g/mol. The number of rotatable bonds is 16. The molecule has 1 unspecified atom stereocenters. The van der Waals surface area contributed by atoms with E-state index in [1.54, 1.807) is 38.3 Å². The minimum Gasteiger partial charge on any atom is -0.497 e. The zero-order valence-corrected chi connectivity index (χ0v) is 25.4. The van der Waals surface area contributed by atoms with Gasteiger partial charge in [-0.3, -0.25) is 4.79 Å². The molecule has 4 rings (SSSR count). The monoisotopic (exact) mass is 607 g/mol. The molecule has 1 saturated heterocycles. The molecule has 3 aromatic rings. The maximum atomic E-state index is 13.1. The van der Waals surface area contributed by atoms with Crippen LogP contribution in [0.2, 0.25) is 0 Å². The molecule has 9 heteroatoms. The second-order valence-electron chi connectivity index (χ2n) is 10.9. The molecule has 44 heavy (non-hydrogen) atoms. The molecule has 2 N–H and O–H groups in total. The van der Waals surface area contributed by atoms with Gasteiger partial charge in [0.15, 0.2) is 12.0 Å². The van der Waals surface area contributed by atoms with E-state index in [1.807, 2.05) is 60.7 Å². The third kappa shape index (κ3) is 8.38. The van der Waals surface area contributed by atoms with Crippen LogP contribution in [0, 0.1) is 0 Å². The number of ketones is 2. The van der Waals surface area contributed by atoms with E-state index in [0.717, 1.165) is 16.7 Å². The van der Waals surface area contributed by atoms with Crippen molar-refractivity contribution < 1.29 is 44.9 Å². The lowest BCUT2D eigenvalue weighted by molar-refractivity contribution is -0.362. The Kier molecular flexibility index (Phi) is 11.7. The fourth-order valence-corrected chi connectivity index (χ4v) is 5.20. The zero-order chi connectivity index (χ0) is 32.5. The third-order valence-corrected chi connectivity index (χ3v) is 7.79. The Morgan fingerprint density at radius 3 is 2.00 bits per heavy atom. The van der Waals surface area contributed by atoms with Crippen LogP contribution in [0.15, 0.2) is 84.9 Å². The topological polar surface area (TPSA) is 121 Å². The van der Waals surface area contributed by atoms with E-state index < -0.39 is 42.1 Å². The van der Waals surface area contributed by atoms with Gasteiger partial charge in [-0.15, -0.1) is 0 Å². The predicted molar refractivity (Wildman–Crippen MR) is 163 cm³/mol. The summed E-state index contributed by atoms with van der Waals surface area (Å²) in [5.41, 5.74) is 0.531. The standard InChI is InChI=1S/C35H42O9/c1-4-35(43-23-27-16-18-28(40-3)19-17-27)33(42-22-26-13-9-6-10-14-26)32(41-21-25-11-7-5-8-12-25)31(44-34(35)39)30(38)29(37)20-15-24(2)36/h5-14,16-19,30-34,38-39H,4,15,20-23H2,1-3H3/t30?,31-,32+,33+,34+,35-/m1/s1/i34D. The van der Waals surface area contributed by atoms with E-state index in [2.05, 4.69) is 0 Å². The smallest absolute Gasteiger partial charge is 0.187 e. The van der Waals surface area contributed by atoms with Gasteiger partial charge in [0.1, 0.15) is 41.5 Å². The quantitative estimate of drug-likeness (QED) is 0.242. The van der Waals surface area contributed by atoms with Crippen molar-refractivity contribution in [2.24, 2.45) is 0 Å². The number of methoxy groups -OCH3 is 1. The van der Waals surface area contributed by atoms with Crippen molar-refractivity contribution in [1.29, 1.82) is 0 Å². The van der Waals surface area contributed by atoms with Gasteiger partial charge >= 0.3 is 0 Å². The first kappa shape index (κ1) is 32.0. The lowest BCUT2D eigenvalue weighted by Crippen LogP contribution is -2.70. The van der Waals surface area contributed by atoms with Gasteiger partial charge in [-0.25, -0.2) is 0 Å². The van der Waals surface area contributed by atoms with E-state index in [1.165, 1.54) is 6.92 Å². The molecule has 1 aliphatic rings. The van der Waals surface area contributed by atoms with Gasteiger partial charge in [-0.1, -0.05) is 79.7 Å². The van der Waals surface area contributed by atoms with Crippen LogP contribution in [-0.2, 0) is 48.4 Å². The summed E-state index contributed by atoms with van der Waals surface area (Å²) in [6, 6.07) is 25.8. The zero-order valence-electron chi connectivity index (χ0n) is 26.4. The molecule has 1 aliphatic heterocycles. The molecule has 1 heterocycles. The van der Waals surface area contributed by atoms with Crippen molar-refractivity contribution in [1.82, 2.24) is 0 Å². The molecular formula is C35H42O9. The van der Waals surface area contributed by atoms with E-state index in [4.69, 9.17) is 25.1 Å². The van der Waals surface area contributed by atoms with Crippen molar-refractivity contribution in [3.8, 4) is 5.75 Å². The summed E-state index contributed by atoms with van der Waals surface area (Å²) in [7, 11) is 1.57. The molecule has 0 bridgehead atoms. The van der Waals surface area contributed by atoms with Crippen LogP contribution >= 0.6 is 0 Å². The van der Waals surface area contributed by atoms with E-state index >= 15 is 0 Å². The molecule has 0 amide bonds. The van der Waals surface area contributed by atoms with Crippen molar-refractivity contribution >= 4 is 11.6 Å². The summed E-state index contributed by atoms with van der Waals surface area (Å²) >= 11 is 0. The van der Waals surface area contributed by atoms with Gasteiger partial charge in [0, 0.05) is 12.8 Å². The van der Waals surface area contributed by atoms with Gasteiger partial charge in [0.2, 0.25) is 0 Å². The van der Waals surface area contributed by atoms with E-state index in [0.29, 0.717) is 5.75 Å². The second-order valence-corrected chi connectivity index (χ2v) is 10.9. The number of Topliss-reactive ketones (excluding diaryl/α,β-unsaturated/α-hetero) is 2. The first-order chi connectivity index (χ1) is 21.6. The number of aliphatic hydroxyl groups is 2. The van der Waals surface area contributed by atoms with Crippen LogP contribution in [0.3, 0.4) is 0 Å². The number of hydrogen-bond donors (Lipinski definition) is 2. The number of carbonyl (C=O) groups is 2. The molecule has 9 nitrogen and oxygen atoms in total. The van der Waals surface area contributed by atoms with Crippen LogP contribution in [0.5, 0.6) is 5.75 Å². The number of carbonyl (C=O) groups excluding carboxylic acids is 2. The van der Waals surface area contributed by atoms with Gasteiger partial charge in [-0.2, -0.15) is 0 Å². The van der Waals surface area contributed by atoms with E-state index in [-0.39, 0.29) is 44.9 Å². The van der Waals surface area contributed by atoms with Gasteiger partial charge < -0.3 is 38.7 Å². The van der Waals surface area contributed by atoms with Crippen molar-refractivity contribution in [3.63, 3.8) is 0 Å². The average Bonchev–Trinajstić information content (AvgIpc) is 3.05. The fourth-order valence-electron chi connectivity index (χ4n) is 5.20. The minimum atomic E-state index is -2.78. The molecule has 1 fully saturated rings. The summed E-state index contributed by atoms with van der Waals surface area (Å²) in [6.45, 7) is 3.18. The van der Waals surface area contributed by atoms with Crippen molar-refractivity contribution in [2.75, 3.05) is 7.11 Å². The van der Waals surface area contributed by atoms with Gasteiger partial charge in [0.05, 0.1) is 28.3 Å². The Morgan fingerprint density at radius 2 is 1.45 bits per heavy atom. The molecular weight excluding hydrogens is 564 g/mol. The largest absolute Gasteiger partial charge is 0.497 e. The lowest BCUT2D eigenvalue weighted by atomic mass is 9.81. The molecule has 6 atom stereocenters. The normalized spacial score (nSPS) is 26.0. The lowest BCUT2D eigenvalue weighted by Gasteiger charge is -2.52. The Bertz CT molecular complexity index is 1370. The highest BCUT2D eigenvalue weighted by Gasteiger charge is 2.59. The number of benzene rings is 3. The maximum Gasteiger partial charge on any atom is 0.187 e. The van der Waals surface area contributed by atoms with Crippen LogP contribution in [0.4, 0.5) is 0 Å². The van der Waals surface area contributed by atoms with Crippen LogP contribution in [0.25, 0.3) is 0 Å². The SMILES string of the molecule is [2H][C@]1(O)O[C@H](C(O)C(=O)CCC(C)=O)[C@H](OCc2ccccc2)[C@H](OCc2ccccc2)[C@@]1(CC)OCc1ccc(OC)cc1. The highest BCUT2D eigenvalue weighted by Crippen LogP contribution is 2.41. The minimum absolute atomic E-state index is 0.0241. The second kappa shape index (κ2) is 16.0. The van der Waals surface area contributed by atoms with Gasteiger partial charge in [0.25, 0.3) is 0 Å². The Labute approximate surface area is 260 Å². The summed E-state index contributed by atoms with van der Waals surface area (Å²) in [4.78, 5) is 24.7. The number of aliphatic hydroxyl groups excluding tert-OH is 1. The summed E-state index contributed by atoms with van der Waals surface area (Å²) in [5.74, 6) is -0.231. The van der Waals surface area contributed by atoms with Crippen LogP contribution in [-0.4, -0.2) is 65.2 Å². The molecule has 236 valence electrons. The maximum absolute atomic E-state index is 13.1. The Balaban J connectivity index is 1.75. The summed E-state index contributed by atoms with van der Waals surface area (Å²) in [6.07, 6.45) is -8.74. The molecule has 0 saturated carbocycles. The van der Waals surface area contributed by atoms with E-state index in [9.17, 15) is 19.8 Å². The van der Waals surface area contributed by atoms with Crippen LogP contribution < -0.4 is 4.74 Å². The molecule has 0 aromatic heterocycles. The van der Waals surface area contributed by atoms with Crippen LogP contribution in [0.1, 0.15) is 51.2 Å².